The summed E-state index contributed by atoms with van der Waals surface area (Å²) in [6, 6.07) is 26.1. The first kappa shape index (κ1) is 76.1. The Morgan fingerprint density at radius 1 is 0.543 bits per heavy atom. The van der Waals surface area contributed by atoms with E-state index in [4.69, 9.17) is 99.7 Å². The van der Waals surface area contributed by atoms with E-state index in [1.807, 2.05) is 72.8 Å². The average Bonchev–Trinajstić information content (AvgIpc) is 0.766. The van der Waals surface area contributed by atoms with Crippen molar-refractivity contribution in [2.45, 2.75) is 129 Å². The molecule has 0 atom stereocenters. The van der Waals surface area contributed by atoms with E-state index >= 15 is 0 Å². The van der Waals surface area contributed by atoms with Crippen LogP contribution in [0.3, 0.4) is 0 Å². The molecule has 105 heavy (non-hydrogen) atoms. The molecule has 0 amide bonds. The number of ether oxygens (including phenoxy) is 4. The number of aliphatic hydroxyl groups is 3. The molecule has 6 aliphatic rings. The summed E-state index contributed by atoms with van der Waals surface area (Å²) >= 11 is 28.2. The van der Waals surface area contributed by atoms with E-state index < -0.39 is 8.32 Å². The summed E-state index contributed by atoms with van der Waals surface area (Å²) in [4.78, 5) is 65.3. The summed E-state index contributed by atoms with van der Waals surface area (Å²) in [5.74, 6) is 1.91. The van der Waals surface area contributed by atoms with Crippen molar-refractivity contribution in [3.05, 3.63) is 174 Å². The van der Waals surface area contributed by atoms with Gasteiger partial charge in [0.05, 0.1) is 103 Å². The van der Waals surface area contributed by atoms with Crippen molar-refractivity contribution in [3.8, 4) is 68.0 Å². The number of likely N-dealkylation sites (tertiary alicyclic amines) is 2. The number of hydrogen-bond donors (Lipinski definition) is 3. The fourth-order valence-corrected chi connectivity index (χ4v) is 17.9. The molecule has 0 unspecified atom stereocenters. The van der Waals surface area contributed by atoms with E-state index in [1.165, 1.54) is 0 Å². The molecule has 25 heteroatoms. The Kier molecular flexibility index (Phi) is 22.9. The van der Waals surface area contributed by atoms with Gasteiger partial charge in [0.25, 0.3) is 0 Å². The smallest absolute Gasteiger partial charge is 0.237 e. The van der Waals surface area contributed by atoms with Gasteiger partial charge in [-0.15, -0.1) is 0 Å². The van der Waals surface area contributed by atoms with Crippen molar-refractivity contribution in [1.29, 1.82) is 0 Å². The summed E-state index contributed by atoms with van der Waals surface area (Å²) in [5, 5.41) is 30.9. The maximum absolute atomic E-state index is 13.9. The van der Waals surface area contributed by atoms with Crippen LogP contribution in [-0.2, 0) is 56.3 Å². The number of hydrogen-bond acceptors (Lipinski definition) is 20. The third-order valence-corrected chi connectivity index (χ3v) is 28.4. The number of carbonyl (C=O) groups excluding carboxylic acids is 2. The Balaban J connectivity index is 0.000000188. The quantitative estimate of drug-likeness (QED) is 0.0377. The zero-order chi connectivity index (χ0) is 74.3. The molecule has 0 radical (unpaired) electrons. The number of methoxy groups -OCH3 is 4. The van der Waals surface area contributed by atoms with Gasteiger partial charge in [-0.2, -0.15) is 0 Å². The van der Waals surface area contributed by atoms with Gasteiger partial charge in [0.1, 0.15) is 34.3 Å². The first-order valence-corrected chi connectivity index (χ1v) is 40.4. The van der Waals surface area contributed by atoms with Gasteiger partial charge in [-0.1, -0.05) is 140 Å². The molecular weight excluding hydrogens is 1430 g/mol. The zero-order valence-corrected chi connectivity index (χ0v) is 65.2. The molecule has 2 spiro atoms. The van der Waals surface area contributed by atoms with Gasteiger partial charge < -0.3 is 38.7 Å². The minimum absolute atomic E-state index is 0.0438. The van der Waals surface area contributed by atoms with Crippen LogP contribution in [0.25, 0.3) is 44.8 Å². The van der Waals surface area contributed by atoms with Gasteiger partial charge in [-0.05, 0) is 67.8 Å². The monoisotopic (exact) mass is 1520 g/mol. The number of ketones is 2. The van der Waals surface area contributed by atoms with E-state index in [1.54, 1.807) is 53.0 Å². The number of fused-ring (bicyclic) bond motifs is 2. The molecule has 554 valence electrons. The zero-order valence-electron chi connectivity index (χ0n) is 61.1. The predicted molar refractivity (Wildman–Crippen MR) is 411 cm³/mol. The molecule has 4 aromatic heterocycles. The van der Waals surface area contributed by atoms with Gasteiger partial charge in [-0.25, -0.2) is 19.9 Å². The summed E-state index contributed by atoms with van der Waals surface area (Å²) in [5.41, 5.74) is 13.1. The first-order chi connectivity index (χ1) is 50.3. The van der Waals surface area contributed by atoms with Crippen LogP contribution in [0.15, 0.2) is 97.3 Å². The second kappa shape index (κ2) is 31.6. The molecular formula is C80H92Cl4N10O10Si. The van der Waals surface area contributed by atoms with E-state index in [2.05, 4.69) is 53.5 Å². The lowest BCUT2D eigenvalue weighted by atomic mass is 9.62. The van der Waals surface area contributed by atoms with Crippen molar-refractivity contribution in [3.63, 3.8) is 0 Å². The Bertz CT molecular complexity index is 4570. The number of β-amino-alcohol motifs (C(OH)–C–C–N with tert-alkyl or cyclic N) is 1. The minimum atomic E-state index is -1.84. The third kappa shape index (κ3) is 16.2. The predicted octanol–water partition coefficient (Wildman–Crippen LogP) is 13.6. The normalized spacial score (nSPS) is 17.3. The molecule has 2 aliphatic carbocycles. The maximum Gasteiger partial charge on any atom is 0.237 e. The molecule has 20 nitrogen and oxygen atoms in total. The lowest BCUT2D eigenvalue weighted by Crippen LogP contribution is -2.63. The fraction of sp³-hybridized carbons (Fsp3) is 0.450. The van der Waals surface area contributed by atoms with Crippen molar-refractivity contribution in [2.75, 3.05) is 94.0 Å². The maximum atomic E-state index is 13.9. The van der Waals surface area contributed by atoms with Crippen molar-refractivity contribution in [2.24, 2.45) is 10.8 Å². The first-order valence-electron chi connectivity index (χ1n) is 35.9. The Hall–Kier alpha value is -7.06. The second-order valence-electron chi connectivity index (χ2n) is 30.6. The van der Waals surface area contributed by atoms with E-state index in [9.17, 15) is 24.9 Å². The van der Waals surface area contributed by atoms with Crippen molar-refractivity contribution < 1.29 is 48.3 Å². The van der Waals surface area contributed by atoms with E-state index in [-0.39, 0.29) is 59.1 Å². The molecule has 3 N–H and O–H groups in total. The molecule has 2 saturated carbocycles. The number of nitrogens with zero attached hydrogens (tertiary/aromatic N) is 10. The SMILES string of the molecule is COc1cc(C(=O)Cc2cccc(-c3cccc(-c4cnc(CN5CC6(CC(O)C6)C5)c(OC)n4)c3Cl)c2Cl)nc2c1CCN(CCO)C2.COc1cc(C(=O)Cc2cccc(-c3cccc(-c4cnc(CN5CC6(CC(O)C6)C5)c(OC)n4)c3Cl)c2Cl)nc2c1CCN(CCO[Si](C)(C)C(C)(C)C)C2. The van der Waals surface area contributed by atoms with Crippen LogP contribution in [0.5, 0.6) is 23.3 Å². The molecule has 14 rings (SSSR count). The lowest BCUT2D eigenvalue weighted by Gasteiger charge is -2.57. The fourth-order valence-electron chi connectivity index (χ4n) is 15.6. The van der Waals surface area contributed by atoms with E-state index in [0.717, 1.165) is 118 Å². The summed E-state index contributed by atoms with van der Waals surface area (Å²) in [7, 11) is 4.58. The summed E-state index contributed by atoms with van der Waals surface area (Å²) < 4.78 is 29.2. The topological polar surface area (TPSA) is 231 Å². The number of benzene rings is 4. The molecule has 8 heterocycles. The number of Topliss-reactive ketones (excluding diaryl/α,β-unsaturated/α-hetero) is 2. The highest BCUT2D eigenvalue weighted by Crippen LogP contribution is 2.51. The van der Waals surface area contributed by atoms with Crippen LogP contribution in [0.4, 0.5) is 0 Å². The average molecular weight is 1520 g/mol. The van der Waals surface area contributed by atoms with Crippen molar-refractivity contribution >= 4 is 66.3 Å². The molecule has 2 saturated heterocycles. The molecule has 8 aromatic rings. The van der Waals surface area contributed by atoms with Gasteiger partial charge in [-0.3, -0.25) is 39.2 Å². The van der Waals surface area contributed by atoms with Crippen LogP contribution >= 0.6 is 46.4 Å². The summed E-state index contributed by atoms with van der Waals surface area (Å²) in [6.45, 7) is 21.3. The van der Waals surface area contributed by atoms with Crippen LogP contribution in [0.1, 0.15) is 112 Å². The highest BCUT2D eigenvalue weighted by Gasteiger charge is 2.53. The van der Waals surface area contributed by atoms with Gasteiger partial charge in [0, 0.05) is 165 Å². The van der Waals surface area contributed by atoms with E-state index in [0.29, 0.717) is 150 Å². The second-order valence-corrected chi connectivity index (χ2v) is 36.9. The number of halogens is 4. The highest BCUT2D eigenvalue weighted by molar-refractivity contribution is 6.74. The standard InChI is InChI=1S/C43H53Cl2N5O5Si.C37H39Cl2N5O5/c1-42(2,3)56(6,7)55-17-16-49-15-14-31-35(23-49)47-33(19-38(31)53-4)37(52)18-27-10-8-11-29(39(27)44)30-12-9-13-32(40(30)45)34-22-46-36(41(48-34)54-5)24-50-25-43(26-50)20-28(51)21-43;1-48-33-14-28(41-30-18-43(11-12-45)10-9-26(30)33)32(47)13-22-5-3-6-24(34(22)38)25-7-4-8-27(35(25)39)29-17-40-31(36(42-29)49-2)19-44-20-37(21-44)15-23(46)16-37/h8-13,19,22,28,51H,14-18,20-21,23-26H2,1-7H3;3-8,14,17,23,45-46H,9-13,15-16,18-21H2,1-2H3. The largest absolute Gasteiger partial charge is 0.496 e. The number of aliphatic hydroxyl groups excluding tert-OH is 3. The number of rotatable bonds is 24. The Morgan fingerprint density at radius 3 is 1.31 bits per heavy atom. The summed E-state index contributed by atoms with van der Waals surface area (Å²) in [6.07, 6.45) is 8.24. The van der Waals surface area contributed by atoms with Gasteiger partial charge >= 0.3 is 0 Å². The number of carbonyl (C=O) groups is 2. The lowest BCUT2D eigenvalue weighted by molar-refractivity contribution is -0.131. The van der Waals surface area contributed by atoms with Crippen LogP contribution in [0, 0.1) is 10.8 Å². The van der Waals surface area contributed by atoms with Crippen LogP contribution in [0.2, 0.25) is 38.2 Å². The van der Waals surface area contributed by atoms with Gasteiger partial charge in [0.15, 0.2) is 19.9 Å². The molecule has 0 bridgehead atoms. The number of aromatic nitrogens is 6. The van der Waals surface area contributed by atoms with Crippen molar-refractivity contribution in [1.82, 2.24) is 49.5 Å². The molecule has 4 fully saturated rings. The van der Waals surface area contributed by atoms with Crippen LogP contribution in [-0.4, -0.2) is 191 Å². The molecule has 4 aliphatic heterocycles. The number of pyridine rings is 2. The minimum Gasteiger partial charge on any atom is -0.496 e. The Labute approximate surface area is 635 Å². The molecule has 4 aromatic carbocycles. The highest BCUT2D eigenvalue weighted by atomic mass is 35.5. The van der Waals surface area contributed by atoms with Crippen LogP contribution < -0.4 is 18.9 Å². The van der Waals surface area contributed by atoms with Gasteiger partial charge in [0.2, 0.25) is 11.8 Å². The Morgan fingerprint density at radius 2 is 0.933 bits per heavy atom. The third-order valence-electron chi connectivity index (χ3n) is 22.2.